The largest absolute Gasteiger partial charge is 0.385 e. The predicted molar refractivity (Wildman–Crippen MR) is 109 cm³/mol. The minimum Gasteiger partial charge on any atom is -0.385 e. The summed E-state index contributed by atoms with van der Waals surface area (Å²) in [6.45, 7) is 1.55. The third-order valence-electron chi connectivity index (χ3n) is 5.38. The lowest BCUT2D eigenvalue weighted by molar-refractivity contribution is 0.190. The van der Waals surface area contributed by atoms with Crippen molar-refractivity contribution >= 4 is 21.6 Å². The Kier molecular flexibility index (Phi) is 6.03. The van der Waals surface area contributed by atoms with Gasteiger partial charge >= 0.3 is 0 Å². The van der Waals surface area contributed by atoms with Gasteiger partial charge in [0.2, 0.25) is 0 Å². The first kappa shape index (κ1) is 20.1. The fraction of sp³-hybridized carbons (Fsp3) is 0.429. The second-order valence-corrected chi connectivity index (χ2v) is 8.41. The molecule has 0 radical (unpaired) electrons. The SMILES string of the molecule is COCCCn1cnc2sc3c(c2c1=O)CCC(NCc1ccc(F)cc1F)C3. The summed E-state index contributed by atoms with van der Waals surface area (Å²) in [5, 5.41) is 4.11. The van der Waals surface area contributed by atoms with E-state index in [0.717, 1.165) is 47.5 Å². The van der Waals surface area contributed by atoms with Crippen LogP contribution in [0, 0.1) is 11.6 Å². The van der Waals surface area contributed by atoms with E-state index >= 15 is 0 Å². The average molecular weight is 419 g/mol. The Balaban J connectivity index is 1.49. The van der Waals surface area contributed by atoms with Gasteiger partial charge in [-0.15, -0.1) is 11.3 Å². The normalized spacial score (nSPS) is 16.3. The van der Waals surface area contributed by atoms with Gasteiger partial charge in [-0.05, 0) is 37.3 Å². The Morgan fingerprint density at radius 2 is 2.24 bits per heavy atom. The molecular weight excluding hydrogens is 396 g/mol. The van der Waals surface area contributed by atoms with E-state index in [1.54, 1.807) is 29.3 Å². The van der Waals surface area contributed by atoms with Crippen molar-refractivity contribution in [3.05, 3.63) is 62.5 Å². The van der Waals surface area contributed by atoms with Crippen LogP contribution in [0.3, 0.4) is 0 Å². The molecule has 154 valence electrons. The zero-order valence-electron chi connectivity index (χ0n) is 16.2. The minimum atomic E-state index is -0.570. The fourth-order valence-electron chi connectivity index (χ4n) is 3.83. The zero-order valence-corrected chi connectivity index (χ0v) is 17.0. The predicted octanol–water partition coefficient (Wildman–Crippen LogP) is 3.42. The number of rotatable bonds is 7. The first-order chi connectivity index (χ1) is 14.1. The lowest BCUT2D eigenvalue weighted by Crippen LogP contribution is -2.34. The maximum Gasteiger partial charge on any atom is 0.262 e. The maximum atomic E-state index is 13.8. The Morgan fingerprint density at radius 1 is 1.38 bits per heavy atom. The third-order valence-corrected chi connectivity index (χ3v) is 6.54. The second kappa shape index (κ2) is 8.69. The number of ether oxygens (including phenoxy) is 1. The lowest BCUT2D eigenvalue weighted by atomic mass is 9.93. The summed E-state index contributed by atoms with van der Waals surface area (Å²) in [6.07, 6.45) is 4.82. The Morgan fingerprint density at radius 3 is 3.03 bits per heavy atom. The van der Waals surface area contributed by atoms with Crippen LogP contribution < -0.4 is 10.9 Å². The molecule has 0 saturated heterocycles. The molecule has 5 nitrogen and oxygen atoms in total. The molecule has 0 saturated carbocycles. The van der Waals surface area contributed by atoms with Gasteiger partial charge < -0.3 is 10.1 Å². The van der Waals surface area contributed by atoms with Gasteiger partial charge in [-0.2, -0.15) is 0 Å². The van der Waals surface area contributed by atoms with Crippen LogP contribution in [0.1, 0.15) is 28.8 Å². The Bertz CT molecular complexity index is 1080. The number of aryl methyl sites for hydroxylation is 2. The molecule has 1 aromatic carbocycles. The van der Waals surface area contributed by atoms with Gasteiger partial charge in [0, 0.05) is 49.4 Å². The van der Waals surface area contributed by atoms with Gasteiger partial charge in [-0.25, -0.2) is 13.8 Å². The van der Waals surface area contributed by atoms with Crippen LogP contribution in [-0.4, -0.2) is 29.3 Å². The van der Waals surface area contributed by atoms with Crippen LogP contribution in [0.4, 0.5) is 8.78 Å². The lowest BCUT2D eigenvalue weighted by Gasteiger charge is -2.23. The van der Waals surface area contributed by atoms with E-state index < -0.39 is 11.6 Å². The molecule has 0 aliphatic heterocycles. The first-order valence-electron chi connectivity index (χ1n) is 9.72. The van der Waals surface area contributed by atoms with E-state index in [2.05, 4.69) is 10.3 Å². The monoisotopic (exact) mass is 419 g/mol. The van der Waals surface area contributed by atoms with Gasteiger partial charge in [0.05, 0.1) is 11.7 Å². The zero-order chi connectivity index (χ0) is 20.4. The number of hydrogen-bond acceptors (Lipinski definition) is 5. The number of methoxy groups -OCH3 is 1. The van der Waals surface area contributed by atoms with E-state index in [1.807, 2.05) is 0 Å². The standard InChI is InChI=1S/C21H23F2N3O2S/c1-28-8-2-7-26-12-25-20-19(21(26)27)16-6-5-15(10-18(16)29-20)24-11-13-3-4-14(22)9-17(13)23/h3-4,9,12,15,24H,2,5-8,10-11H2,1H3. The number of fused-ring (bicyclic) bond motifs is 3. The molecule has 1 atom stereocenters. The van der Waals surface area contributed by atoms with Crippen molar-refractivity contribution in [1.29, 1.82) is 0 Å². The highest BCUT2D eigenvalue weighted by atomic mass is 32.1. The summed E-state index contributed by atoms with van der Waals surface area (Å²) in [7, 11) is 1.65. The van der Waals surface area contributed by atoms with Crippen molar-refractivity contribution in [2.24, 2.45) is 0 Å². The van der Waals surface area contributed by atoms with Crippen molar-refractivity contribution in [3.8, 4) is 0 Å². The molecule has 2 aromatic heterocycles. The van der Waals surface area contributed by atoms with E-state index in [1.165, 1.54) is 17.0 Å². The average Bonchev–Trinajstić information content (AvgIpc) is 3.07. The highest BCUT2D eigenvalue weighted by molar-refractivity contribution is 7.18. The quantitative estimate of drug-likeness (QED) is 0.597. The summed E-state index contributed by atoms with van der Waals surface area (Å²) in [5.74, 6) is -1.10. The second-order valence-electron chi connectivity index (χ2n) is 7.33. The van der Waals surface area contributed by atoms with Crippen LogP contribution in [0.15, 0.2) is 29.3 Å². The molecule has 1 N–H and O–H groups in total. The number of thiophene rings is 1. The summed E-state index contributed by atoms with van der Waals surface area (Å²) >= 11 is 1.57. The molecule has 1 unspecified atom stereocenters. The van der Waals surface area contributed by atoms with Crippen LogP contribution >= 0.6 is 11.3 Å². The number of halogens is 2. The number of benzene rings is 1. The third kappa shape index (κ3) is 4.24. The molecule has 0 bridgehead atoms. The number of nitrogens with one attached hydrogen (secondary N) is 1. The molecule has 1 aliphatic carbocycles. The molecule has 0 fully saturated rings. The highest BCUT2D eigenvalue weighted by Crippen LogP contribution is 2.33. The molecule has 29 heavy (non-hydrogen) atoms. The van der Waals surface area contributed by atoms with Gasteiger partial charge in [0.15, 0.2) is 0 Å². The van der Waals surface area contributed by atoms with Gasteiger partial charge in [-0.1, -0.05) is 6.07 Å². The number of hydrogen-bond donors (Lipinski definition) is 1. The van der Waals surface area contributed by atoms with Crippen LogP contribution in [-0.2, 0) is 30.7 Å². The molecule has 0 amide bonds. The van der Waals surface area contributed by atoms with Crippen molar-refractivity contribution < 1.29 is 13.5 Å². The van der Waals surface area contributed by atoms with Gasteiger partial charge in [-0.3, -0.25) is 9.36 Å². The van der Waals surface area contributed by atoms with Gasteiger partial charge in [0.1, 0.15) is 16.5 Å². The van der Waals surface area contributed by atoms with Gasteiger partial charge in [0.25, 0.3) is 5.56 Å². The molecule has 8 heteroatoms. The van der Waals surface area contributed by atoms with E-state index in [9.17, 15) is 13.6 Å². The van der Waals surface area contributed by atoms with E-state index in [4.69, 9.17) is 4.74 Å². The van der Waals surface area contributed by atoms with Crippen molar-refractivity contribution in [2.75, 3.05) is 13.7 Å². The van der Waals surface area contributed by atoms with Crippen LogP contribution in [0.5, 0.6) is 0 Å². The fourth-order valence-corrected chi connectivity index (χ4v) is 5.09. The van der Waals surface area contributed by atoms with Crippen LogP contribution in [0.25, 0.3) is 10.2 Å². The first-order valence-corrected chi connectivity index (χ1v) is 10.5. The maximum absolute atomic E-state index is 13.8. The number of aromatic nitrogens is 2. The summed E-state index contributed by atoms with van der Waals surface area (Å²) in [6, 6.07) is 3.84. The molecular formula is C21H23F2N3O2S. The molecule has 3 aromatic rings. The van der Waals surface area contributed by atoms with Crippen molar-refractivity contribution in [2.45, 2.75) is 44.8 Å². The Hall–Kier alpha value is -2.16. The molecule has 4 rings (SSSR count). The highest BCUT2D eigenvalue weighted by Gasteiger charge is 2.25. The van der Waals surface area contributed by atoms with E-state index in [-0.39, 0.29) is 11.6 Å². The van der Waals surface area contributed by atoms with Crippen molar-refractivity contribution in [1.82, 2.24) is 14.9 Å². The summed E-state index contributed by atoms with van der Waals surface area (Å²) in [4.78, 5) is 19.4. The van der Waals surface area contributed by atoms with Crippen LogP contribution in [0.2, 0.25) is 0 Å². The van der Waals surface area contributed by atoms with Crippen molar-refractivity contribution in [3.63, 3.8) is 0 Å². The molecule has 2 heterocycles. The number of nitrogens with zero attached hydrogens (tertiary/aromatic N) is 2. The Labute approximate surface area is 171 Å². The molecule has 1 aliphatic rings. The summed E-state index contributed by atoms with van der Waals surface area (Å²) in [5.41, 5.74) is 1.58. The van der Waals surface area contributed by atoms with E-state index in [0.29, 0.717) is 25.3 Å². The topological polar surface area (TPSA) is 56.2 Å². The smallest absolute Gasteiger partial charge is 0.262 e. The minimum absolute atomic E-state index is 0.0170. The molecule has 0 spiro atoms. The summed E-state index contributed by atoms with van der Waals surface area (Å²) < 4.78 is 33.6.